The van der Waals surface area contributed by atoms with Gasteiger partial charge in [0, 0.05) is 18.7 Å². The van der Waals surface area contributed by atoms with Crippen molar-refractivity contribution >= 4 is 34.5 Å². The third-order valence-corrected chi connectivity index (χ3v) is 3.68. The molecule has 1 aliphatic heterocycles. The molecule has 1 fully saturated rings. The third-order valence-electron chi connectivity index (χ3n) is 3.14. The normalized spacial score (nSPS) is 22.3. The zero-order valence-corrected chi connectivity index (χ0v) is 13.0. The van der Waals surface area contributed by atoms with E-state index in [1.807, 2.05) is 18.2 Å². The van der Waals surface area contributed by atoms with E-state index in [0.717, 1.165) is 24.3 Å². The topological polar surface area (TPSA) is 38.5 Å². The minimum atomic E-state index is -0.178. The molecule has 1 unspecified atom stereocenters. The number of benzene rings is 1. The summed E-state index contributed by atoms with van der Waals surface area (Å²) in [6.45, 7) is 7.89. The van der Waals surface area contributed by atoms with Crippen molar-refractivity contribution in [3.63, 3.8) is 0 Å². The predicted molar refractivity (Wildman–Crippen MR) is 84.2 cm³/mol. The molecule has 1 aliphatic rings. The van der Waals surface area contributed by atoms with Crippen LogP contribution in [0.1, 0.15) is 26.3 Å². The van der Waals surface area contributed by atoms with Crippen LogP contribution in [-0.2, 0) is 4.74 Å². The number of thiocarbonyl (C=S) groups is 1. The Morgan fingerprint density at radius 2 is 2.21 bits per heavy atom. The molecule has 0 saturated carbocycles. The number of anilines is 1. The summed E-state index contributed by atoms with van der Waals surface area (Å²) in [6.07, 6.45) is 0.176. The Kier molecular flexibility index (Phi) is 4.04. The van der Waals surface area contributed by atoms with E-state index in [9.17, 15) is 0 Å². The fourth-order valence-corrected chi connectivity index (χ4v) is 2.98. The van der Waals surface area contributed by atoms with Gasteiger partial charge in [-0.25, -0.2) is 0 Å². The zero-order valence-electron chi connectivity index (χ0n) is 11.4. The monoisotopic (exact) mass is 298 g/mol. The van der Waals surface area contributed by atoms with Gasteiger partial charge in [-0.1, -0.05) is 23.8 Å². The lowest BCUT2D eigenvalue weighted by molar-refractivity contribution is -0.0749. The van der Waals surface area contributed by atoms with E-state index in [1.165, 1.54) is 0 Å². The number of nitrogens with zero attached hydrogens (tertiary/aromatic N) is 1. The second kappa shape index (κ2) is 5.27. The Bertz CT molecular complexity index is 504. The standard InChI is InChI=1S/C14H19ClN2OS/c1-9-7-17(8-14(2,3)18-9)12-5-4-10(13(16)19)6-11(12)15/h4-6,9H,7-8H2,1-3H3,(H2,16,19). The lowest BCUT2D eigenvalue weighted by Crippen LogP contribution is -2.52. The summed E-state index contributed by atoms with van der Waals surface area (Å²) < 4.78 is 5.90. The number of nitrogens with two attached hydrogens (primary N) is 1. The van der Waals surface area contributed by atoms with Gasteiger partial charge in [0.05, 0.1) is 22.4 Å². The van der Waals surface area contributed by atoms with Gasteiger partial charge in [0.2, 0.25) is 0 Å². The molecular weight excluding hydrogens is 280 g/mol. The summed E-state index contributed by atoms with van der Waals surface area (Å²) in [5.41, 5.74) is 7.24. The van der Waals surface area contributed by atoms with Crippen molar-refractivity contribution in [2.24, 2.45) is 5.73 Å². The first-order valence-electron chi connectivity index (χ1n) is 6.30. The van der Waals surface area contributed by atoms with Gasteiger partial charge in [-0.3, -0.25) is 0 Å². The first kappa shape index (κ1) is 14.6. The van der Waals surface area contributed by atoms with Gasteiger partial charge in [-0.15, -0.1) is 0 Å². The van der Waals surface area contributed by atoms with Gasteiger partial charge in [-0.05, 0) is 39.0 Å². The lowest BCUT2D eigenvalue weighted by atomic mass is 10.0. The van der Waals surface area contributed by atoms with Crippen LogP contribution in [0.5, 0.6) is 0 Å². The Hall–Kier alpha value is -0.840. The van der Waals surface area contributed by atoms with E-state index in [-0.39, 0.29) is 11.7 Å². The second-order valence-electron chi connectivity index (χ2n) is 5.60. The van der Waals surface area contributed by atoms with Crippen molar-refractivity contribution in [3.8, 4) is 0 Å². The zero-order chi connectivity index (χ0) is 14.2. The molecule has 0 bridgehead atoms. The van der Waals surface area contributed by atoms with Crippen LogP contribution in [0.25, 0.3) is 0 Å². The molecule has 19 heavy (non-hydrogen) atoms. The number of hydrogen-bond donors (Lipinski definition) is 1. The Balaban J connectivity index is 2.29. The van der Waals surface area contributed by atoms with Crippen LogP contribution >= 0.6 is 23.8 Å². The van der Waals surface area contributed by atoms with Gasteiger partial charge < -0.3 is 15.4 Å². The molecule has 1 aromatic rings. The molecule has 1 atom stereocenters. The molecule has 1 heterocycles. The molecule has 3 nitrogen and oxygen atoms in total. The highest BCUT2D eigenvalue weighted by Gasteiger charge is 2.32. The van der Waals surface area contributed by atoms with E-state index < -0.39 is 0 Å². The van der Waals surface area contributed by atoms with Crippen LogP contribution in [0.15, 0.2) is 18.2 Å². The number of ether oxygens (including phenoxy) is 1. The van der Waals surface area contributed by atoms with Gasteiger partial charge in [0.15, 0.2) is 0 Å². The molecule has 1 aromatic carbocycles. The molecule has 104 valence electrons. The summed E-state index contributed by atoms with van der Waals surface area (Å²) in [5, 5.41) is 0.676. The van der Waals surface area contributed by atoms with Crippen molar-refractivity contribution in [3.05, 3.63) is 28.8 Å². The van der Waals surface area contributed by atoms with Crippen LogP contribution in [0.2, 0.25) is 5.02 Å². The maximum atomic E-state index is 6.35. The highest BCUT2D eigenvalue weighted by atomic mass is 35.5. The molecular formula is C14H19ClN2OS. The largest absolute Gasteiger partial charge is 0.389 e. The second-order valence-corrected chi connectivity index (χ2v) is 6.45. The van der Waals surface area contributed by atoms with E-state index in [4.69, 9.17) is 34.3 Å². The first-order chi connectivity index (χ1) is 8.78. The molecule has 0 amide bonds. The van der Waals surface area contributed by atoms with Crippen LogP contribution < -0.4 is 10.6 Å². The Morgan fingerprint density at radius 1 is 1.53 bits per heavy atom. The van der Waals surface area contributed by atoms with Crippen molar-refractivity contribution in [1.29, 1.82) is 0 Å². The lowest BCUT2D eigenvalue weighted by Gasteiger charge is -2.43. The quantitative estimate of drug-likeness (QED) is 0.852. The minimum absolute atomic E-state index is 0.176. The summed E-state index contributed by atoms with van der Waals surface area (Å²) >= 11 is 11.3. The molecule has 0 aromatic heterocycles. The molecule has 0 radical (unpaired) electrons. The molecule has 1 saturated heterocycles. The molecule has 2 rings (SSSR count). The maximum Gasteiger partial charge on any atom is 0.104 e. The number of hydrogen-bond acceptors (Lipinski definition) is 3. The summed E-state index contributed by atoms with van der Waals surface area (Å²) in [5.74, 6) is 0. The van der Waals surface area contributed by atoms with E-state index in [1.54, 1.807) is 0 Å². The smallest absolute Gasteiger partial charge is 0.104 e. The first-order valence-corrected chi connectivity index (χ1v) is 7.09. The Labute approximate surface area is 124 Å². The number of halogens is 1. The van der Waals surface area contributed by atoms with Gasteiger partial charge in [0.1, 0.15) is 4.99 Å². The van der Waals surface area contributed by atoms with Gasteiger partial charge in [-0.2, -0.15) is 0 Å². The fraction of sp³-hybridized carbons (Fsp3) is 0.500. The number of rotatable bonds is 2. The SMILES string of the molecule is CC1CN(c2ccc(C(N)=S)cc2Cl)CC(C)(C)O1. The van der Waals surface area contributed by atoms with Crippen LogP contribution in [0.3, 0.4) is 0 Å². The number of morpholine rings is 1. The van der Waals surface area contributed by atoms with E-state index in [0.29, 0.717) is 10.0 Å². The van der Waals surface area contributed by atoms with Crippen molar-refractivity contribution in [1.82, 2.24) is 0 Å². The average Bonchev–Trinajstić information content (AvgIpc) is 2.25. The van der Waals surface area contributed by atoms with Crippen molar-refractivity contribution in [2.45, 2.75) is 32.5 Å². The van der Waals surface area contributed by atoms with Crippen LogP contribution in [0, 0.1) is 0 Å². The van der Waals surface area contributed by atoms with Gasteiger partial charge >= 0.3 is 0 Å². The molecule has 2 N–H and O–H groups in total. The predicted octanol–water partition coefficient (Wildman–Crippen LogP) is 2.98. The van der Waals surface area contributed by atoms with Crippen molar-refractivity contribution < 1.29 is 4.74 Å². The van der Waals surface area contributed by atoms with Crippen LogP contribution in [0.4, 0.5) is 5.69 Å². The van der Waals surface area contributed by atoms with E-state index in [2.05, 4.69) is 25.7 Å². The summed E-state index contributed by atoms with van der Waals surface area (Å²) in [4.78, 5) is 2.61. The maximum absolute atomic E-state index is 6.35. The molecule has 5 heteroatoms. The fourth-order valence-electron chi connectivity index (χ4n) is 2.55. The summed E-state index contributed by atoms with van der Waals surface area (Å²) in [6, 6.07) is 5.72. The molecule has 0 aliphatic carbocycles. The third kappa shape index (κ3) is 3.38. The van der Waals surface area contributed by atoms with Crippen molar-refractivity contribution in [2.75, 3.05) is 18.0 Å². The highest BCUT2D eigenvalue weighted by Crippen LogP contribution is 2.31. The van der Waals surface area contributed by atoms with Gasteiger partial charge in [0.25, 0.3) is 0 Å². The average molecular weight is 299 g/mol. The molecule has 0 spiro atoms. The minimum Gasteiger partial charge on any atom is -0.389 e. The van der Waals surface area contributed by atoms with Crippen LogP contribution in [-0.4, -0.2) is 29.8 Å². The van der Waals surface area contributed by atoms with E-state index >= 15 is 0 Å². The summed E-state index contributed by atoms with van der Waals surface area (Å²) in [7, 11) is 0. The Morgan fingerprint density at radius 3 is 2.74 bits per heavy atom. The highest BCUT2D eigenvalue weighted by molar-refractivity contribution is 7.80.